The lowest BCUT2D eigenvalue weighted by Gasteiger charge is -2.35. The average molecular weight is 449 g/mol. The van der Waals surface area contributed by atoms with E-state index in [0.717, 1.165) is 96.1 Å². The van der Waals surface area contributed by atoms with Crippen molar-refractivity contribution in [2.45, 2.75) is 90.0 Å². The number of likely N-dealkylation sites (tertiary alicyclic amines) is 1. The number of fused-ring (bicyclic) bond motifs is 1. The van der Waals surface area contributed by atoms with Gasteiger partial charge in [0.15, 0.2) is 5.96 Å². The van der Waals surface area contributed by atoms with E-state index in [9.17, 15) is 4.79 Å². The van der Waals surface area contributed by atoms with Gasteiger partial charge in [0.1, 0.15) is 5.82 Å². The summed E-state index contributed by atoms with van der Waals surface area (Å²) in [6.45, 7) is 8.59. The topological polar surface area (TPSA) is 85.9 Å². The summed E-state index contributed by atoms with van der Waals surface area (Å²) in [7, 11) is 0. The zero-order valence-corrected chi connectivity index (χ0v) is 19.6. The number of hydrogen-bond donors (Lipinski definition) is 1. The summed E-state index contributed by atoms with van der Waals surface area (Å²) < 4.78 is 15.4. The summed E-state index contributed by atoms with van der Waals surface area (Å²) in [5, 5.41) is 7.95. The molecular formula is C23H40N6O3. The number of nitrogens with one attached hydrogen (secondary N) is 1. The van der Waals surface area contributed by atoms with Gasteiger partial charge in [0.2, 0.25) is 0 Å². The summed E-state index contributed by atoms with van der Waals surface area (Å²) in [5.41, 5.74) is 0.0382. The van der Waals surface area contributed by atoms with Gasteiger partial charge in [-0.3, -0.25) is 9.56 Å². The van der Waals surface area contributed by atoms with Crippen molar-refractivity contribution in [3.8, 4) is 0 Å². The standard InChI is InChI=1S/C23H40N6O3/c1-2-24-22(25-12-7-14-29-23(30)28-13-5-3-9-21(28)26-29)27-15-10-19(11-16-27)32-18-20-8-4-6-17-31-20/h19-20H,2-18H2,1H3,(H,24,25). The van der Waals surface area contributed by atoms with E-state index in [0.29, 0.717) is 19.2 Å². The third kappa shape index (κ3) is 6.13. The fraction of sp³-hybridized carbons (Fsp3) is 0.870. The number of aryl methyl sites for hydroxylation is 2. The Morgan fingerprint density at radius 1 is 1.19 bits per heavy atom. The van der Waals surface area contributed by atoms with Crippen LogP contribution in [0, 0.1) is 0 Å². The molecule has 0 saturated carbocycles. The number of nitrogens with zero attached hydrogens (tertiary/aromatic N) is 5. The highest BCUT2D eigenvalue weighted by Gasteiger charge is 2.24. The van der Waals surface area contributed by atoms with E-state index < -0.39 is 0 Å². The van der Waals surface area contributed by atoms with Crippen LogP contribution in [0.3, 0.4) is 0 Å². The van der Waals surface area contributed by atoms with Crippen molar-refractivity contribution in [1.29, 1.82) is 0 Å². The third-order valence-corrected chi connectivity index (χ3v) is 6.69. The Morgan fingerprint density at radius 2 is 2.06 bits per heavy atom. The Hall–Kier alpha value is -1.87. The van der Waals surface area contributed by atoms with Crippen molar-refractivity contribution in [3.63, 3.8) is 0 Å². The number of hydrogen-bond acceptors (Lipinski definition) is 5. The molecule has 9 nitrogen and oxygen atoms in total. The SMILES string of the molecule is CCNC(=NCCCn1nc2n(c1=O)CCCC2)N1CCC(OCC2CCCCO2)CC1. The summed E-state index contributed by atoms with van der Waals surface area (Å²) in [5.74, 6) is 1.91. The molecule has 0 spiro atoms. The van der Waals surface area contributed by atoms with Crippen LogP contribution in [-0.4, -0.2) is 76.8 Å². The Balaban J connectivity index is 1.21. The van der Waals surface area contributed by atoms with Gasteiger partial charge in [-0.25, -0.2) is 9.48 Å². The maximum absolute atomic E-state index is 12.5. The molecule has 1 aromatic heterocycles. The normalized spacial score (nSPS) is 22.7. The second-order valence-corrected chi connectivity index (χ2v) is 9.13. The molecule has 3 aliphatic heterocycles. The van der Waals surface area contributed by atoms with Crippen molar-refractivity contribution >= 4 is 5.96 Å². The van der Waals surface area contributed by atoms with Gasteiger partial charge in [-0.1, -0.05) is 0 Å². The van der Waals surface area contributed by atoms with Crippen molar-refractivity contribution in [1.82, 2.24) is 24.6 Å². The summed E-state index contributed by atoms with van der Waals surface area (Å²) >= 11 is 0. The smallest absolute Gasteiger partial charge is 0.345 e. The molecular weight excluding hydrogens is 408 g/mol. The number of rotatable bonds is 8. The fourth-order valence-corrected chi connectivity index (χ4v) is 4.84. The first-order valence-corrected chi connectivity index (χ1v) is 12.7. The quantitative estimate of drug-likeness (QED) is 0.371. The maximum Gasteiger partial charge on any atom is 0.345 e. The van der Waals surface area contributed by atoms with Crippen LogP contribution in [0.25, 0.3) is 0 Å². The predicted octanol–water partition coefficient (Wildman–Crippen LogP) is 1.79. The first kappa shape index (κ1) is 23.3. The van der Waals surface area contributed by atoms with Gasteiger partial charge < -0.3 is 19.7 Å². The van der Waals surface area contributed by atoms with Crippen LogP contribution in [0.4, 0.5) is 0 Å². The molecule has 3 aliphatic rings. The number of guanidine groups is 1. The summed E-state index contributed by atoms with van der Waals surface area (Å²) in [4.78, 5) is 19.6. The molecule has 0 amide bonds. The maximum atomic E-state index is 12.5. The van der Waals surface area contributed by atoms with Crippen LogP contribution in [0.2, 0.25) is 0 Å². The van der Waals surface area contributed by atoms with E-state index in [-0.39, 0.29) is 11.8 Å². The van der Waals surface area contributed by atoms with Gasteiger partial charge in [-0.05, 0) is 58.3 Å². The van der Waals surface area contributed by atoms with E-state index in [2.05, 4.69) is 22.2 Å². The average Bonchev–Trinajstić information content (AvgIpc) is 3.16. The molecule has 1 N–H and O–H groups in total. The molecule has 0 aliphatic carbocycles. The van der Waals surface area contributed by atoms with Crippen LogP contribution in [-0.2, 0) is 29.0 Å². The summed E-state index contributed by atoms with van der Waals surface area (Å²) in [6.07, 6.45) is 10.1. The second-order valence-electron chi connectivity index (χ2n) is 9.13. The van der Waals surface area contributed by atoms with Gasteiger partial charge >= 0.3 is 5.69 Å². The fourth-order valence-electron chi connectivity index (χ4n) is 4.84. The molecule has 1 atom stereocenters. The van der Waals surface area contributed by atoms with E-state index in [1.54, 1.807) is 4.68 Å². The highest BCUT2D eigenvalue weighted by atomic mass is 16.5. The van der Waals surface area contributed by atoms with Gasteiger partial charge in [0.05, 0.1) is 18.8 Å². The van der Waals surface area contributed by atoms with Crippen LogP contribution in [0.15, 0.2) is 9.79 Å². The number of aromatic nitrogens is 3. The minimum absolute atomic E-state index is 0.0382. The molecule has 0 bridgehead atoms. The third-order valence-electron chi connectivity index (χ3n) is 6.69. The molecule has 180 valence electrons. The van der Waals surface area contributed by atoms with Gasteiger partial charge in [-0.15, -0.1) is 0 Å². The largest absolute Gasteiger partial charge is 0.376 e. The molecule has 1 aromatic rings. The van der Waals surface area contributed by atoms with E-state index in [4.69, 9.17) is 14.5 Å². The summed E-state index contributed by atoms with van der Waals surface area (Å²) in [6, 6.07) is 0. The number of piperidine rings is 1. The van der Waals surface area contributed by atoms with E-state index in [1.165, 1.54) is 12.8 Å². The van der Waals surface area contributed by atoms with Crippen molar-refractivity contribution < 1.29 is 9.47 Å². The Kier molecular flexibility index (Phi) is 8.62. The Labute approximate surface area is 191 Å². The minimum atomic E-state index is 0.0382. The molecule has 4 heterocycles. The van der Waals surface area contributed by atoms with Crippen LogP contribution in [0.5, 0.6) is 0 Å². The minimum Gasteiger partial charge on any atom is -0.376 e. The molecule has 2 fully saturated rings. The molecule has 2 saturated heterocycles. The Morgan fingerprint density at radius 3 is 2.81 bits per heavy atom. The first-order chi connectivity index (χ1) is 15.7. The monoisotopic (exact) mass is 448 g/mol. The Bertz CT molecular complexity index is 790. The van der Waals surface area contributed by atoms with Crippen LogP contribution >= 0.6 is 0 Å². The van der Waals surface area contributed by atoms with E-state index >= 15 is 0 Å². The van der Waals surface area contributed by atoms with Gasteiger partial charge in [-0.2, -0.15) is 5.10 Å². The predicted molar refractivity (Wildman–Crippen MR) is 124 cm³/mol. The van der Waals surface area contributed by atoms with E-state index in [1.807, 2.05) is 4.57 Å². The van der Waals surface area contributed by atoms with Gasteiger partial charge in [0.25, 0.3) is 0 Å². The van der Waals surface area contributed by atoms with Crippen LogP contribution < -0.4 is 11.0 Å². The molecule has 0 radical (unpaired) electrons. The zero-order chi connectivity index (χ0) is 22.2. The van der Waals surface area contributed by atoms with Crippen molar-refractivity contribution in [2.75, 3.05) is 39.4 Å². The zero-order valence-electron chi connectivity index (χ0n) is 19.6. The number of aliphatic imine (C=N–C) groups is 1. The lowest BCUT2D eigenvalue weighted by atomic mass is 10.1. The van der Waals surface area contributed by atoms with Crippen molar-refractivity contribution in [3.05, 3.63) is 16.3 Å². The highest BCUT2D eigenvalue weighted by molar-refractivity contribution is 5.80. The van der Waals surface area contributed by atoms with Crippen LogP contribution in [0.1, 0.15) is 64.1 Å². The molecule has 0 aromatic carbocycles. The molecule has 9 heteroatoms. The molecule has 4 rings (SSSR count). The van der Waals surface area contributed by atoms with Gasteiger partial charge in [0, 0.05) is 52.3 Å². The second kappa shape index (κ2) is 11.8. The molecule has 1 unspecified atom stereocenters. The lowest BCUT2D eigenvalue weighted by Crippen LogP contribution is -2.47. The first-order valence-electron chi connectivity index (χ1n) is 12.7. The highest BCUT2D eigenvalue weighted by Crippen LogP contribution is 2.18. The lowest BCUT2D eigenvalue weighted by molar-refractivity contribution is -0.0721. The number of ether oxygens (including phenoxy) is 2. The van der Waals surface area contributed by atoms with Crippen molar-refractivity contribution in [2.24, 2.45) is 4.99 Å². The molecule has 32 heavy (non-hydrogen) atoms.